The van der Waals surface area contributed by atoms with E-state index < -0.39 is 0 Å². The van der Waals surface area contributed by atoms with E-state index in [2.05, 4.69) is 10.6 Å². The van der Waals surface area contributed by atoms with E-state index >= 15 is 0 Å². The molecule has 1 aromatic rings. The molecule has 3 N–H and O–H groups in total. The standard InChI is InChI=1S/C18H26N2O3/c1-12(2)19-16(22)13-6-8-14(9-7-13)17(23)20-15-5-4-10-18(15,3)11-21/h6-9,12,15,21H,4-5,10-11H2,1-3H3,(H,19,22)(H,20,23). The third kappa shape index (κ3) is 4.10. The topological polar surface area (TPSA) is 78.4 Å². The van der Waals surface area contributed by atoms with Gasteiger partial charge in [0.05, 0.1) is 6.61 Å². The van der Waals surface area contributed by atoms with Crippen molar-refractivity contribution >= 4 is 11.8 Å². The fraction of sp³-hybridized carbons (Fsp3) is 0.556. The molecule has 2 rings (SSSR count). The quantitative estimate of drug-likeness (QED) is 0.778. The second-order valence-corrected chi connectivity index (χ2v) is 6.94. The van der Waals surface area contributed by atoms with Gasteiger partial charge >= 0.3 is 0 Å². The second-order valence-electron chi connectivity index (χ2n) is 6.94. The van der Waals surface area contributed by atoms with E-state index in [1.807, 2.05) is 20.8 Å². The van der Waals surface area contributed by atoms with E-state index in [4.69, 9.17) is 0 Å². The minimum Gasteiger partial charge on any atom is -0.396 e. The smallest absolute Gasteiger partial charge is 0.251 e. The van der Waals surface area contributed by atoms with Gasteiger partial charge in [0.2, 0.25) is 0 Å². The van der Waals surface area contributed by atoms with Crippen LogP contribution in [0.25, 0.3) is 0 Å². The summed E-state index contributed by atoms with van der Waals surface area (Å²) in [5.41, 5.74) is 0.821. The van der Waals surface area contributed by atoms with Crippen LogP contribution in [0.15, 0.2) is 24.3 Å². The summed E-state index contributed by atoms with van der Waals surface area (Å²) in [6.07, 6.45) is 2.82. The third-order valence-corrected chi connectivity index (χ3v) is 4.58. The number of hydrogen-bond acceptors (Lipinski definition) is 3. The van der Waals surface area contributed by atoms with Crippen molar-refractivity contribution in [3.63, 3.8) is 0 Å². The largest absolute Gasteiger partial charge is 0.396 e. The number of rotatable bonds is 5. The number of aliphatic hydroxyl groups is 1. The Hall–Kier alpha value is -1.88. The van der Waals surface area contributed by atoms with Gasteiger partial charge in [-0.25, -0.2) is 0 Å². The van der Waals surface area contributed by atoms with Gasteiger partial charge in [0, 0.05) is 28.6 Å². The molecule has 0 saturated heterocycles. The number of hydrogen-bond donors (Lipinski definition) is 3. The first kappa shape index (κ1) is 17.5. The highest BCUT2D eigenvalue weighted by molar-refractivity contribution is 5.98. The summed E-state index contributed by atoms with van der Waals surface area (Å²) in [5, 5.41) is 15.4. The molecule has 23 heavy (non-hydrogen) atoms. The van der Waals surface area contributed by atoms with E-state index in [-0.39, 0.29) is 35.9 Å². The van der Waals surface area contributed by atoms with Crippen LogP contribution in [0.1, 0.15) is 60.7 Å². The van der Waals surface area contributed by atoms with Gasteiger partial charge in [0.25, 0.3) is 11.8 Å². The van der Waals surface area contributed by atoms with Crippen molar-refractivity contribution in [2.24, 2.45) is 5.41 Å². The van der Waals surface area contributed by atoms with Gasteiger partial charge in [-0.1, -0.05) is 13.3 Å². The van der Waals surface area contributed by atoms with Crippen molar-refractivity contribution < 1.29 is 14.7 Å². The third-order valence-electron chi connectivity index (χ3n) is 4.58. The maximum absolute atomic E-state index is 12.4. The lowest BCUT2D eigenvalue weighted by Crippen LogP contribution is -2.44. The average molecular weight is 318 g/mol. The Morgan fingerprint density at radius 2 is 1.78 bits per heavy atom. The van der Waals surface area contributed by atoms with Crippen LogP contribution < -0.4 is 10.6 Å². The molecule has 1 aliphatic rings. The van der Waals surface area contributed by atoms with E-state index in [9.17, 15) is 14.7 Å². The molecule has 0 aliphatic heterocycles. The Balaban J connectivity index is 2.02. The molecule has 1 aromatic carbocycles. The van der Waals surface area contributed by atoms with Gasteiger partial charge < -0.3 is 15.7 Å². The molecule has 0 aromatic heterocycles. The summed E-state index contributed by atoms with van der Waals surface area (Å²) in [7, 11) is 0. The lowest BCUT2D eigenvalue weighted by atomic mass is 9.85. The van der Waals surface area contributed by atoms with Crippen LogP contribution >= 0.6 is 0 Å². The van der Waals surface area contributed by atoms with Gasteiger partial charge in [-0.3, -0.25) is 9.59 Å². The molecule has 0 radical (unpaired) electrons. The van der Waals surface area contributed by atoms with Crippen LogP contribution in [0.5, 0.6) is 0 Å². The van der Waals surface area contributed by atoms with Crippen LogP contribution in [0.2, 0.25) is 0 Å². The first-order valence-corrected chi connectivity index (χ1v) is 8.18. The molecule has 0 heterocycles. The van der Waals surface area contributed by atoms with Crippen molar-refractivity contribution in [1.82, 2.24) is 10.6 Å². The SMILES string of the molecule is CC(C)NC(=O)c1ccc(C(=O)NC2CCCC2(C)CO)cc1. The molecular formula is C18H26N2O3. The van der Waals surface area contributed by atoms with Crippen LogP contribution in [0.3, 0.4) is 0 Å². The highest BCUT2D eigenvalue weighted by Crippen LogP contribution is 2.37. The van der Waals surface area contributed by atoms with Gasteiger partial charge in [0.15, 0.2) is 0 Å². The van der Waals surface area contributed by atoms with Gasteiger partial charge in [-0.05, 0) is 51.0 Å². The minimum absolute atomic E-state index is 0.0103. The number of amides is 2. The van der Waals surface area contributed by atoms with E-state index in [0.717, 1.165) is 19.3 Å². The Kier molecular flexibility index (Phi) is 5.42. The van der Waals surface area contributed by atoms with E-state index in [1.165, 1.54) is 0 Å². The Morgan fingerprint density at radius 3 is 2.30 bits per heavy atom. The number of nitrogens with one attached hydrogen (secondary N) is 2. The monoisotopic (exact) mass is 318 g/mol. The lowest BCUT2D eigenvalue weighted by molar-refractivity contribution is 0.0829. The van der Waals surface area contributed by atoms with Gasteiger partial charge in [-0.15, -0.1) is 0 Å². The molecule has 2 atom stereocenters. The zero-order valence-electron chi connectivity index (χ0n) is 14.1. The second kappa shape index (κ2) is 7.13. The molecule has 1 fully saturated rings. The first-order valence-electron chi connectivity index (χ1n) is 8.18. The number of carbonyl (C=O) groups excluding carboxylic acids is 2. The van der Waals surface area contributed by atoms with Gasteiger partial charge in [-0.2, -0.15) is 0 Å². The van der Waals surface area contributed by atoms with Crippen molar-refractivity contribution in [3.8, 4) is 0 Å². The van der Waals surface area contributed by atoms with Crippen molar-refractivity contribution in [2.75, 3.05) is 6.61 Å². The summed E-state index contributed by atoms with van der Waals surface area (Å²) in [5.74, 6) is -0.303. The fourth-order valence-corrected chi connectivity index (χ4v) is 3.03. The van der Waals surface area contributed by atoms with Crippen molar-refractivity contribution in [3.05, 3.63) is 35.4 Å². The van der Waals surface area contributed by atoms with Crippen molar-refractivity contribution in [2.45, 2.75) is 52.1 Å². The molecule has 0 spiro atoms. The van der Waals surface area contributed by atoms with Crippen LogP contribution in [0, 0.1) is 5.41 Å². The highest BCUT2D eigenvalue weighted by atomic mass is 16.3. The normalized spacial score (nSPS) is 23.8. The molecule has 1 saturated carbocycles. The highest BCUT2D eigenvalue weighted by Gasteiger charge is 2.39. The van der Waals surface area contributed by atoms with E-state index in [0.29, 0.717) is 11.1 Å². The fourth-order valence-electron chi connectivity index (χ4n) is 3.03. The predicted molar refractivity (Wildman–Crippen MR) is 89.3 cm³/mol. The Morgan fingerprint density at radius 1 is 1.22 bits per heavy atom. The molecule has 5 heteroatoms. The lowest BCUT2D eigenvalue weighted by Gasteiger charge is -2.30. The molecule has 5 nitrogen and oxygen atoms in total. The summed E-state index contributed by atoms with van der Waals surface area (Å²) < 4.78 is 0. The molecule has 0 bridgehead atoms. The maximum Gasteiger partial charge on any atom is 0.251 e. The summed E-state index contributed by atoms with van der Waals surface area (Å²) in [6.45, 7) is 5.88. The van der Waals surface area contributed by atoms with Crippen LogP contribution in [-0.4, -0.2) is 35.6 Å². The van der Waals surface area contributed by atoms with Crippen LogP contribution in [-0.2, 0) is 0 Å². The number of aliphatic hydroxyl groups excluding tert-OH is 1. The average Bonchev–Trinajstić information content (AvgIpc) is 2.88. The van der Waals surface area contributed by atoms with Gasteiger partial charge in [0.1, 0.15) is 0 Å². The molecular weight excluding hydrogens is 292 g/mol. The van der Waals surface area contributed by atoms with Crippen molar-refractivity contribution in [1.29, 1.82) is 0 Å². The summed E-state index contributed by atoms with van der Waals surface area (Å²) in [6, 6.07) is 6.71. The predicted octanol–water partition coefficient (Wildman–Crippen LogP) is 2.11. The maximum atomic E-state index is 12.4. The molecule has 2 amide bonds. The Bertz CT molecular complexity index is 568. The first-order chi connectivity index (χ1) is 10.9. The molecule has 2 unspecified atom stereocenters. The molecule has 1 aliphatic carbocycles. The number of benzene rings is 1. The zero-order valence-corrected chi connectivity index (χ0v) is 14.1. The number of carbonyl (C=O) groups is 2. The summed E-state index contributed by atoms with van der Waals surface area (Å²) >= 11 is 0. The van der Waals surface area contributed by atoms with E-state index in [1.54, 1.807) is 24.3 Å². The van der Waals surface area contributed by atoms with Crippen LogP contribution in [0.4, 0.5) is 0 Å². The minimum atomic E-state index is -0.243. The molecule has 126 valence electrons. The zero-order chi connectivity index (χ0) is 17.0. The Labute approximate surface area is 137 Å². The summed E-state index contributed by atoms with van der Waals surface area (Å²) in [4.78, 5) is 24.3.